The summed E-state index contributed by atoms with van der Waals surface area (Å²) in [4.78, 5) is 26.9. The smallest absolute Gasteiger partial charge is 0.162 e. The number of nitrogens with zero attached hydrogens (tertiary/aromatic N) is 4. The van der Waals surface area contributed by atoms with Gasteiger partial charge in [-0.3, -0.25) is 4.79 Å². The largest absolute Gasteiger partial charge is 0.497 e. The van der Waals surface area contributed by atoms with E-state index in [0.29, 0.717) is 17.5 Å². The van der Waals surface area contributed by atoms with E-state index >= 15 is 0 Å². The van der Waals surface area contributed by atoms with Gasteiger partial charge in [-0.05, 0) is 55.3 Å². The second-order valence-electron chi connectivity index (χ2n) is 8.40. The number of Topliss-reactive ketones (excluding diaryl/α,β-unsaturated/α-hetero) is 1. The van der Waals surface area contributed by atoms with Crippen molar-refractivity contribution in [1.29, 1.82) is 0 Å². The third-order valence-corrected chi connectivity index (χ3v) is 6.03. The molecular formula is C29H26N4O2. The number of rotatable bonds is 9. The molecule has 0 aliphatic rings. The van der Waals surface area contributed by atoms with Crippen LogP contribution in [0.4, 0.5) is 0 Å². The number of aryl methyl sites for hydroxylation is 1. The van der Waals surface area contributed by atoms with Gasteiger partial charge in [0, 0.05) is 42.0 Å². The van der Waals surface area contributed by atoms with Crippen LogP contribution in [0.25, 0.3) is 33.5 Å². The first-order valence-electron chi connectivity index (χ1n) is 11.7. The highest BCUT2D eigenvalue weighted by atomic mass is 16.5. The number of methoxy groups -OCH3 is 1. The molecule has 6 nitrogen and oxygen atoms in total. The Kier molecular flexibility index (Phi) is 6.61. The molecule has 35 heavy (non-hydrogen) atoms. The lowest BCUT2D eigenvalue weighted by Crippen LogP contribution is -2.02. The van der Waals surface area contributed by atoms with Crippen molar-refractivity contribution in [2.45, 2.75) is 25.8 Å². The number of carbonyl (C=O) groups excluding carboxylic acids is 1. The maximum atomic E-state index is 12.9. The molecule has 2 heterocycles. The molecular weight excluding hydrogens is 436 g/mol. The molecule has 0 saturated carbocycles. The van der Waals surface area contributed by atoms with E-state index in [1.54, 1.807) is 19.6 Å². The molecule has 0 N–H and O–H groups in total. The Morgan fingerprint density at radius 2 is 1.60 bits per heavy atom. The summed E-state index contributed by atoms with van der Waals surface area (Å²) in [6.45, 7) is 0.866. The van der Waals surface area contributed by atoms with E-state index in [4.69, 9.17) is 14.7 Å². The molecule has 3 aromatic carbocycles. The molecule has 2 aromatic heterocycles. The molecule has 174 valence electrons. The molecule has 6 heteroatoms. The zero-order valence-corrected chi connectivity index (χ0v) is 19.6. The molecule has 0 aliphatic carbocycles. The summed E-state index contributed by atoms with van der Waals surface area (Å²) in [5, 5.41) is 0. The number of benzene rings is 3. The Morgan fingerprint density at radius 1 is 0.857 bits per heavy atom. The predicted octanol–water partition coefficient (Wildman–Crippen LogP) is 6.22. The standard InChI is InChI=1S/C29H26N4O2/c1-35-24-13-10-22(11-14-24)29-28(21-7-3-2-4-8-21)32-26-19-23(12-15-25(26)31-29)27(34)9-5-6-17-33-18-16-30-20-33/h2-4,7-8,10-16,18-20H,5-6,9,17H2,1H3. The average Bonchev–Trinajstić information content (AvgIpc) is 3.44. The summed E-state index contributed by atoms with van der Waals surface area (Å²) in [5.74, 6) is 0.914. The quantitative estimate of drug-likeness (QED) is 0.192. The monoisotopic (exact) mass is 462 g/mol. The molecule has 0 aliphatic heterocycles. The van der Waals surface area contributed by atoms with Gasteiger partial charge in [0.2, 0.25) is 0 Å². The van der Waals surface area contributed by atoms with Crippen molar-refractivity contribution in [2.75, 3.05) is 7.11 Å². The summed E-state index contributed by atoms with van der Waals surface area (Å²) in [6.07, 6.45) is 7.77. The second kappa shape index (κ2) is 10.3. The topological polar surface area (TPSA) is 69.9 Å². The molecule has 5 aromatic rings. The number of unbranched alkanes of at least 4 members (excludes halogenated alkanes) is 1. The normalized spacial score (nSPS) is 11.0. The lowest BCUT2D eigenvalue weighted by molar-refractivity contribution is 0.0979. The first-order chi connectivity index (χ1) is 17.2. The maximum Gasteiger partial charge on any atom is 0.162 e. The van der Waals surface area contributed by atoms with E-state index < -0.39 is 0 Å². The van der Waals surface area contributed by atoms with E-state index in [-0.39, 0.29) is 5.78 Å². The zero-order valence-electron chi connectivity index (χ0n) is 19.6. The second-order valence-corrected chi connectivity index (χ2v) is 8.40. The summed E-state index contributed by atoms with van der Waals surface area (Å²) in [6, 6.07) is 23.4. The molecule has 0 unspecified atom stereocenters. The van der Waals surface area contributed by atoms with Gasteiger partial charge in [-0.25, -0.2) is 15.0 Å². The highest BCUT2D eigenvalue weighted by Gasteiger charge is 2.15. The minimum Gasteiger partial charge on any atom is -0.497 e. The third-order valence-electron chi connectivity index (χ3n) is 6.03. The number of hydrogen-bond donors (Lipinski definition) is 0. The van der Waals surface area contributed by atoms with E-state index in [1.807, 2.05) is 83.6 Å². The fourth-order valence-electron chi connectivity index (χ4n) is 4.12. The number of ether oxygens (including phenoxy) is 1. The Morgan fingerprint density at radius 3 is 2.31 bits per heavy atom. The van der Waals surface area contributed by atoms with Gasteiger partial charge in [0.25, 0.3) is 0 Å². The fourth-order valence-corrected chi connectivity index (χ4v) is 4.12. The SMILES string of the molecule is COc1ccc(-c2nc3ccc(C(=O)CCCCn4ccnc4)cc3nc2-c2ccccc2)cc1. The summed E-state index contributed by atoms with van der Waals surface area (Å²) < 4.78 is 7.34. The number of aromatic nitrogens is 4. The zero-order chi connectivity index (χ0) is 24.0. The van der Waals surface area contributed by atoms with E-state index in [9.17, 15) is 4.79 Å². The van der Waals surface area contributed by atoms with Crippen molar-refractivity contribution in [3.63, 3.8) is 0 Å². The van der Waals surface area contributed by atoms with Crippen LogP contribution in [0.15, 0.2) is 91.5 Å². The van der Waals surface area contributed by atoms with Gasteiger partial charge in [-0.2, -0.15) is 0 Å². The van der Waals surface area contributed by atoms with E-state index in [0.717, 1.165) is 53.2 Å². The van der Waals surface area contributed by atoms with Gasteiger partial charge in [0.05, 0.1) is 35.9 Å². The van der Waals surface area contributed by atoms with Crippen LogP contribution in [0.5, 0.6) is 5.75 Å². The Balaban J connectivity index is 1.44. The van der Waals surface area contributed by atoms with Crippen LogP contribution in [0, 0.1) is 0 Å². The van der Waals surface area contributed by atoms with Gasteiger partial charge >= 0.3 is 0 Å². The first kappa shape index (κ1) is 22.5. The maximum absolute atomic E-state index is 12.9. The number of carbonyl (C=O) groups is 1. The average molecular weight is 463 g/mol. The van der Waals surface area contributed by atoms with Crippen molar-refractivity contribution in [3.05, 3.63) is 97.1 Å². The number of ketones is 1. The lowest BCUT2D eigenvalue weighted by atomic mass is 10.0. The van der Waals surface area contributed by atoms with Gasteiger partial charge in [-0.1, -0.05) is 30.3 Å². The van der Waals surface area contributed by atoms with Crippen LogP contribution in [-0.2, 0) is 6.54 Å². The van der Waals surface area contributed by atoms with Crippen molar-refractivity contribution in [3.8, 4) is 28.3 Å². The van der Waals surface area contributed by atoms with Gasteiger partial charge in [0.15, 0.2) is 5.78 Å². The minimum atomic E-state index is 0.125. The number of hydrogen-bond acceptors (Lipinski definition) is 5. The molecule has 0 atom stereocenters. The van der Waals surface area contributed by atoms with Crippen molar-refractivity contribution in [1.82, 2.24) is 19.5 Å². The predicted molar refractivity (Wildman–Crippen MR) is 137 cm³/mol. The van der Waals surface area contributed by atoms with Crippen molar-refractivity contribution >= 4 is 16.8 Å². The Hall–Kier alpha value is -4.32. The van der Waals surface area contributed by atoms with E-state index in [1.165, 1.54) is 0 Å². The van der Waals surface area contributed by atoms with Crippen LogP contribution in [-0.4, -0.2) is 32.4 Å². The highest BCUT2D eigenvalue weighted by molar-refractivity contribution is 5.99. The van der Waals surface area contributed by atoms with Gasteiger partial charge in [-0.15, -0.1) is 0 Å². The first-order valence-corrected chi connectivity index (χ1v) is 11.7. The van der Waals surface area contributed by atoms with Crippen LogP contribution < -0.4 is 4.74 Å². The molecule has 0 saturated heterocycles. The summed E-state index contributed by atoms with van der Waals surface area (Å²) in [7, 11) is 1.65. The molecule has 0 spiro atoms. The highest BCUT2D eigenvalue weighted by Crippen LogP contribution is 2.32. The van der Waals surface area contributed by atoms with E-state index in [2.05, 4.69) is 4.98 Å². The fraction of sp³-hybridized carbons (Fsp3) is 0.172. The Labute approximate surface area is 204 Å². The minimum absolute atomic E-state index is 0.125. The van der Waals surface area contributed by atoms with Gasteiger partial charge < -0.3 is 9.30 Å². The molecule has 0 amide bonds. The molecule has 0 bridgehead atoms. The lowest BCUT2D eigenvalue weighted by Gasteiger charge is -2.12. The summed E-state index contributed by atoms with van der Waals surface area (Å²) in [5.41, 5.74) is 5.65. The Bertz CT molecular complexity index is 1430. The number of imidazole rings is 1. The van der Waals surface area contributed by atoms with Gasteiger partial charge in [0.1, 0.15) is 5.75 Å². The van der Waals surface area contributed by atoms with Crippen LogP contribution in [0.2, 0.25) is 0 Å². The third kappa shape index (κ3) is 5.11. The number of fused-ring (bicyclic) bond motifs is 1. The van der Waals surface area contributed by atoms with Crippen LogP contribution >= 0.6 is 0 Å². The molecule has 5 rings (SSSR count). The molecule has 0 radical (unpaired) electrons. The summed E-state index contributed by atoms with van der Waals surface area (Å²) >= 11 is 0. The molecule has 0 fully saturated rings. The van der Waals surface area contributed by atoms with Crippen LogP contribution in [0.3, 0.4) is 0 Å². The van der Waals surface area contributed by atoms with Crippen molar-refractivity contribution in [2.24, 2.45) is 0 Å². The van der Waals surface area contributed by atoms with Crippen LogP contribution in [0.1, 0.15) is 29.6 Å². The van der Waals surface area contributed by atoms with Crippen molar-refractivity contribution < 1.29 is 9.53 Å².